The molecule has 3 heteroatoms. The van der Waals surface area contributed by atoms with Crippen molar-refractivity contribution in [2.75, 3.05) is 0 Å². The van der Waals surface area contributed by atoms with Crippen molar-refractivity contribution in [3.8, 4) is 12.1 Å². The summed E-state index contributed by atoms with van der Waals surface area (Å²) in [6, 6.07) is 8.37. The third-order valence-corrected chi connectivity index (χ3v) is 2.94. The molecule has 1 aromatic rings. The van der Waals surface area contributed by atoms with Crippen LogP contribution in [0.3, 0.4) is 0 Å². The molecule has 1 aliphatic carbocycles. The number of nitriles is 2. The zero-order valence-electron chi connectivity index (χ0n) is 7.85. The van der Waals surface area contributed by atoms with Gasteiger partial charge in [-0.05, 0) is 30.9 Å². The summed E-state index contributed by atoms with van der Waals surface area (Å²) in [4.78, 5) is 0. The highest BCUT2D eigenvalue weighted by molar-refractivity contribution is 5.16. The van der Waals surface area contributed by atoms with E-state index in [-0.39, 0.29) is 5.54 Å². The Bertz CT molecular complexity index is 385. The van der Waals surface area contributed by atoms with Gasteiger partial charge in [0.15, 0.2) is 0 Å². The molecule has 0 amide bonds. The number of hydrogen-bond acceptors (Lipinski definition) is 2. The Kier molecular flexibility index (Phi) is 2.02. The van der Waals surface area contributed by atoms with E-state index in [1.54, 1.807) is 0 Å². The Morgan fingerprint density at radius 2 is 1.93 bits per heavy atom. The molecular formula is C11H11N3. The molecule has 0 radical (unpaired) electrons. The maximum atomic E-state index is 9.14. The van der Waals surface area contributed by atoms with Crippen LogP contribution in [0.15, 0.2) is 24.5 Å². The molecule has 14 heavy (non-hydrogen) atoms. The van der Waals surface area contributed by atoms with E-state index in [0.717, 1.165) is 12.8 Å². The molecule has 0 spiro atoms. The smallest absolute Gasteiger partial charge is 0.131 e. The van der Waals surface area contributed by atoms with E-state index >= 15 is 0 Å². The Morgan fingerprint density at radius 1 is 1.29 bits per heavy atom. The van der Waals surface area contributed by atoms with Gasteiger partial charge in [-0.15, -0.1) is 0 Å². The fourth-order valence-corrected chi connectivity index (χ4v) is 2.15. The van der Waals surface area contributed by atoms with Crippen LogP contribution in [-0.2, 0) is 5.54 Å². The summed E-state index contributed by atoms with van der Waals surface area (Å²) < 4.78 is 1.96. The largest absolute Gasteiger partial charge is 0.335 e. The molecule has 2 rings (SSSR count). The fraction of sp³-hybridized carbons (Fsp3) is 0.455. The zero-order chi connectivity index (χ0) is 10.0. The SMILES string of the molecule is N#CCC1CC(C#N)(n2cccc2)C1. The van der Waals surface area contributed by atoms with Crippen LogP contribution < -0.4 is 0 Å². The molecular weight excluding hydrogens is 174 g/mol. The van der Waals surface area contributed by atoms with Gasteiger partial charge in [0.25, 0.3) is 0 Å². The molecule has 3 nitrogen and oxygen atoms in total. The van der Waals surface area contributed by atoms with Crippen LogP contribution in [0, 0.1) is 28.6 Å². The van der Waals surface area contributed by atoms with Gasteiger partial charge in [-0.3, -0.25) is 0 Å². The van der Waals surface area contributed by atoms with Crippen molar-refractivity contribution in [2.45, 2.75) is 24.8 Å². The lowest BCUT2D eigenvalue weighted by atomic mass is 9.68. The number of aromatic nitrogens is 1. The lowest BCUT2D eigenvalue weighted by molar-refractivity contribution is 0.128. The summed E-state index contributed by atoms with van der Waals surface area (Å²) in [6.45, 7) is 0. The number of rotatable bonds is 2. The number of hydrogen-bond donors (Lipinski definition) is 0. The summed E-state index contributed by atoms with van der Waals surface area (Å²) >= 11 is 0. The maximum absolute atomic E-state index is 9.14. The molecule has 1 aliphatic rings. The van der Waals surface area contributed by atoms with Gasteiger partial charge in [0, 0.05) is 18.8 Å². The molecule has 1 fully saturated rings. The first-order valence-electron chi connectivity index (χ1n) is 4.72. The van der Waals surface area contributed by atoms with Gasteiger partial charge in [-0.25, -0.2) is 0 Å². The standard InChI is InChI=1S/C11H11N3/c12-4-3-10-7-11(8-10,9-13)14-5-1-2-6-14/h1-2,5-6,10H,3,7-8H2. The molecule has 0 saturated heterocycles. The summed E-state index contributed by atoms with van der Waals surface area (Å²) in [6.07, 6.45) is 6.04. The predicted molar refractivity (Wildman–Crippen MR) is 51.0 cm³/mol. The van der Waals surface area contributed by atoms with Crippen molar-refractivity contribution in [3.05, 3.63) is 24.5 Å². The molecule has 0 atom stereocenters. The minimum atomic E-state index is -0.370. The average Bonchev–Trinajstić information content (AvgIpc) is 2.63. The van der Waals surface area contributed by atoms with Gasteiger partial charge < -0.3 is 4.57 Å². The normalized spacial score (nSPS) is 30.0. The van der Waals surface area contributed by atoms with E-state index in [0.29, 0.717) is 12.3 Å². The lowest BCUT2D eigenvalue weighted by Gasteiger charge is -2.42. The fourth-order valence-electron chi connectivity index (χ4n) is 2.15. The third kappa shape index (κ3) is 1.18. The summed E-state index contributed by atoms with van der Waals surface area (Å²) in [5, 5.41) is 17.7. The van der Waals surface area contributed by atoms with Gasteiger partial charge in [0.05, 0.1) is 12.1 Å². The first-order chi connectivity index (χ1) is 6.80. The van der Waals surface area contributed by atoms with Crippen LogP contribution in [0.2, 0.25) is 0 Å². The lowest BCUT2D eigenvalue weighted by Crippen LogP contribution is -2.44. The molecule has 0 unspecified atom stereocenters. The molecule has 70 valence electrons. The van der Waals surface area contributed by atoms with Crippen molar-refractivity contribution in [2.24, 2.45) is 5.92 Å². The van der Waals surface area contributed by atoms with Gasteiger partial charge in [0.1, 0.15) is 5.54 Å². The maximum Gasteiger partial charge on any atom is 0.131 e. The van der Waals surface area contributed by atoms with E-state index in [1.165, 1.54) is 0 Å². The first-order valence-corrected chi connectivity index (χ1v) is 4.72. The van der Waals surface area contributed by atoms with Crippen LogP contribution in [0.4, 0.5) is 0 Å². The topological polar surface area (TPSA) is 52.5 Å². The van der Waals surface area contributed by atoms with E-state index in [4.69, 9.17) is 10.5 Å². The summed E-state index contributed by atoms with van der Waals surface area (Å²) in [5.74, 6) is 0.405. The molecule has 0 bridgehead atoms. The second kappa shape index (κ2) is 3.20. The van der Waals surface area contributed by atoms with E-state index in [9.17, 15) is 0 Å². The van der Waals surface area contributed by atoms with Gasteiger partial charge in [-0.1, -0.05) is 0 Å². The molecule has 0 N–H and O–H groups in total. The van der Waals surface area contributed by atoms with Crippen molar-refractivity contribution in [1.29, 1.82) is 10.5 Å². The van der Waals surface area contributed by atoms with E-state index in [1.807, 2.05) is 29.1 Å². The Morgan fingerprint density at radius 3 is 2.43 bits per heavy atom. The highest BCUT2D eigenvalue weighted by atomic mass is 15.1. The predicted octanol–water partition coefficient (Wildman–Crippen LogP) is 2.03. The van der Waals surface area contributed by atoms with Crippen molar-refractivity contribution < 1.29 is 0 Å². The van der Waals surface area contributed by atoms with E-state index < -0.39 is 0 Å². The van der Waals surface area contributed by atoms with Crippen LogP contribution in [0.1, 0.15) is 19.3 Å². The minimum absolute atomic E-state index is 0.370. The Hall–Kier alpha value is -1.74. The van der Waals surface area contributed by atoms with Crippen LogP contribution in [-0.4, -0.2) is 4.57 Å². The second-order valence-electron chi connectivity index (χ2n) is 3.87. The van der Waals surface area contributed by atoms with Crippen molar-refractivity contribution in [3.63, 3.8) is 0 Å². The van der Waals surface area contributed by atoms with E-state index in [2.05, 4.69) is 12.1 Å². The quantitative estimate of drug-likeness (QED) is 0.707. The van der Waals surface area contributed by atoms with Gasteiger partial charge >= 0.3 is 0 Å². The second-order valence-corrected chi connectivity index (χ2v) is 3.87. The minimum Gasteiger partial charge on any atom is -0.335 e. The van der Waals surface area contributed by atoms with Crippen LogP contribution >= 0.6 is 0 Å². The van der Waals surface area contributed by atoms with Gasteiger partial charge in [0.2, 0.25) is 0 Å². The van der Waals surface area contributed by atoms with Gasteiger partial charge in [-0.2, -0.15) is 10.5 Å². The Balaban J connectivity index is 2.12. The highest BCUT2D eigenvalue weighted by Crippen LogP contribution is 2.44. The summed E-state index contributed by atoms with van der Waals surface area (Å²) in [7, 11) is 0. The third-order valence-electron chi connectivity index (χ3n) is 2.94. The molecule has 1 heterocycles. The molecule has 1 aromatic heterocycles. The monoisotopic (exact) mass is 185 g/mol. The van der Waals surface area contributed by atoms with Crippen molar-refractivity contribution >= 4 is 0 Å². The highest BCUT2D eigenvalue weighted by Gasteiger charge is 2.45. The van der Waals surface area contributed by atoms with Crippen LogP contribution in [0.5, 0.6) is 0 Å². The molecule has 0 aromatic carbocycles. The molecule has 0 aliphatic heterocycles. The zero-order valence-corrected chi connectivity index (χ0v) is 7.85. The average molecular weight is 185 g/mol. The first kappa shape index (κ1) is 8.84. The Labute approximate surface area is 83.2 Å². The van der Waals surface area contributed by atoms with Crippen LogP contribution in [0.25, 0.3) is 0 Å². The van der Waals surface area contributed by atoms with Crippen molar-refractivity contribution in [1.82, 2.24) is 4.57 Å². The molecule has 1 saturated carbocycles. The number of nitrogens with zero attached hydrogens (tertiary/aromatic N) is 3. The summed E-state index contributed by atoms with van der Waals surface area (Å²) in [5.41, 5.74) is -0.370.